The first-order valence-corrected chi connectivity index (χ1v) is 13.0. The Bertz CT molecular complexity index is 1270. The van der Waals surface area contributed by atoms with Crippen molar-refractivity contribution < 1.29 is 22.4 Å². The van der Waals surface area contributed by atoms with Crippen molar-refractivity contribution in [3.8, 4) is 11.5 Å². The second kappa shape index (κ2) is 9.58. The SMILES string of the molecule is CC(=O)c1cccc(S(=O)(=O)N2CCC(C(=O)NCc3ccc(-c4csc(C)n4)o3)CC2)c1. The van der Waals surface area contributed by atoms with E-state index in [0.29, 0.717) is 29.9 Å². The zero-order chi connectivity index (χ0) is 23.6. The van der Waals surface area contributed by atoms with E-state index in [2.05, 4.69) is 10.3 Å². The predicted octanol–water partition coefficient (Wildman–Crippen LogP) is 3.63. The van der Waals surface area contributed by atoms with Gasteiger partial charge in [0.15, 0.2) is 11.5 Å². The molecule has 1 N–H and O–H groups in total. The Morgan fingerprint density at radius 2 is 1.97 bits per heavy atom. The average Bonchev–Trinajstić information content (AvgIpc) is 3.46. The Morgan fingerprint density at radius 3 is 2.64 bits per heavy atom. The zero-order valence-electron chi connectivity index (χ0n) is 18.4. The Labute approximate surface area is 196 Å². The number of aryl methyl sites for hydroxylation is 1. The molecule has 0 atom stereocenters. The number of furan rings is 1. The molecular weight excluding hydrogens is 462 g/mol. The maximum atomic E-state index is 13.0. The van der Waals surface area contributed by atoms with E-state index in [9.17, 15) is 18.0 Å². The van der Waals surface area contributed by atoms with Gasteiger partial charge in [0, 0.05) is 30.0 Å². The zero-order valence-corrected chi connectivity index (χ0v) is 20.0. The molecule has 3 aromatic rings. The Kier molecular flexibility index (Phi) is 6.78. The van der Waals surface area contributed by atoms with Gasteiger partial charge in [-0.25, -0.2) is 13.4 Å². The predicted molar refractivity (Wildman–Crippen MR) is 124 cm³/mol. The molecule has 1 amide bonds. The van der Waals surface area contributed by atoms with Gasteiger partial charge in [-0.05, 0) is 51.0 Å². The van der Waals surface area contributed by atoms with Crippen LogP contribution in [0.2, 0.25) is 0 Å². The monoisotopic (exact) mass is 487 g/mol. The molecule has 174 valence electrons. The van der Waals surface area contributed by atoms with Crippen LogP contribution in [-0.4, -0.2) is 42.5 Å². The highest BCUT2D eigenvalue weighted by molar-refractivity contribution is 7.89. The third kappa shape index (κ3) is 5.23. The van der Waals surface area contributed by atoms with Gasteiger partial charge in [-0.15, -0.1) is 11.3 Å². The molecular formula is C23H25N3O5S2. The van der Waals surface area contributed by atoms with Crippen LogP contribution in [0.15, 0.2) is 51.1 Å². The van der Waals surface area contributed by atoms with Crippen LogP contribution in [0.1, 0.15) is 40.9 Å². The van der Waals surface area contributed by atoms with E-state index in [1.165, 1.54) is 23.4 Å². The van der Waals surface area contributed by atoms with Crippen molar-refractivity contribution in [1.82, 2.24) is 14.6 Å². The minimum Gasteiger partial charge on any atom is -0.458 e. The summed E-state index contributed by atoms with van der Waals surface area (Å²) in [5.74, 6) is 0.724. The molecule has 1 aromatic carbocycles. The number of amides is 1. The van der Waals surface area contributed by atoms with Crippen molar-refractivity contribution in [2.75, 3.05) is 13.1 Å². The molecule has 0 spiro atoms. The van der Waals surface area contributed by atoms with Crippen molar-refractivity contribution in [1.29, 1.82) is 0 Å². The number of carbonyl (C=O) groups excluding carboxylic acids is 2. The minimum absolute atomic E-state index is 0.0991. The third-order valence-electron chi connectivity index (χ3n) is 5.67. The van der Waals surface area contributed by atoms with Gasteiger partial charge < -0.3 is 9.73 Å². The smallest absolute Gasteiger partial charge is 0.243 e. The number of aromatic nitrogens is 1. The van der Waals surface area contributed by atoms with Crippen LogP contribution in [0.25, 0.3) is 11.5 Å². The lowest BCUT2D eigenvalue weighted by Crippen LogP contribution is -2.42. The Balaban J connectivity index is 1.31. The molecule has 33 heavy (non-hydrogen) atoms. The second-order valence-electron chi connectivity index (χ2n) is 8.00. The molecule has 1 aliphatic heterocycles. The fourth-order valence-electron chi connectivity index (χ4n) is 3.79. The molecule has 2 aromatic heterocycles. The first-order chi connectivity index (χ1) is 15.7. The van der Waals surface area contributed by atoms with E-state index in [-0.39, 0.29) is 42.1 Å². The van der Waals surface area contributed by atoms with E-state index in [1.54, 1.807) is 23.5 Å². The highest BCUT2D eigenvalue weighted by Crippen LogP contribution is 2.26. The minimum atomic E-state index is -3.72. The highest BCUT2D eigenvalue weighted by Gasteiger charge is 2.32. The summed E-state index contributed by atoms with van der Waals surface area (Å²) in [6.45, 7) is 4.09. The van der Waals surface area contributed by atoms with Crippen molar-refractivity contribution in [2.24, 2.45) is 5.92 Å². The van der Waals surface area contributed by atoms with Crippen LogP contribution in [0.5, 0.6) is 0 Å². The maximum absolute atomic E-state index is 13.0. The first kappa shape index (κ1) is 23.3. The summed E-state index contributed by atoms with van der Waals surface area (Å²) in [5, 5.41) is 5.77. The number of nitrogens with one attached hydrogen (secondary N) is 1. The summed E-state index contributed by atoms with van der Waals surface area (Å²) in [4.78, 5) is 28.7. The third-order valence-corrected chi connectivity index (χ3v) is 8.34. The number of rotatable bonds is 7. The van der Waals surface area contributed by atoms with Crippen LogP contribution in [0.4, 0.5) is 0 Å². The van der Waals surface area contributed by atoms with Gasteiger partial charge in [0.2, 0.25) is 15.9 Å². The fourth-order valence-corrected chi connectivity index (χ4v) is 5.91. The molecule has 1 aliphatic rings. The fraction of sp³-hybridized carbons (Fsp3) is 0.348. The molecule has 0 bridgehead atoms. The first-order valence-electron chi connectivity index (χ1n) is 10.6. The summed E-state index contributed by atoms with van der Waals surface area (Å²) < 4.78 is 33.1. The number of hydrogen-bond donors (Lipinski definition) is 1. The van der Waals surface area contributed by atoms with Crippen LogP contribution in [0.3, 0.4) is 0 Å². The van der Waals surface area contributed by atoms with Gasteiger partial charge in [-0.2, -0.15) is 4.31 Å². The van der Waals surface area contributed by atoms with Crippen LogP contribution in [-0.2, 0) is 21.4 Å². The summed E-state index contributed by atoms with van der Waals surface area (Å²) in [6.07, 6.45) is 0.859. The number of nitrogens with zero attached hydrogens (tertiary/aromatic N) is 2. The van der Waals surface area contributed by atoms with E-state index in [4.69, 9.17) is 4.42 Å². The molecule has 1 saturated heterocycles. The summed E-state index contributed by atoms with van der Waals surface area (Å²) in [5.41, 5.74) is 1.13. The number of benzene rings is 1. The standard InChI is InChI=1S/C23H25N3O5S2/c1-15(27)18-4-3-5-20(12-18)33(29,30)26-10-8-17(9-11-26)23(28)24-13-19-6-7-22(31-19)21-14-32-16(2)25-21/h3-7,12,14,17H,8-11,13H2,1-2H3,(H,24,28). The largest absolute Gasteiger partial charge is 0.458 e. The molecule has 10 heteroatoms. The topological polar surface area (TPSA) is 110 Å². The highest BCUT2D eigenvalue weighted by atomic mass is 32.2. The van der Waals surface area contributed by atoms with E-state index in [0.717, 1.165) is 10.7 Å². The lowest BCUT2D eigenvalue weighted by Gasteiger charge is -2.30. The molecule has 4 rings (SSSR count). The summed E-state index contributed by atoms with van der Waals surface area (Å²) >= 11 is 1.55. The van der Waals surface area contributed by atoms with Gasteiger partial charge in [0.1, 0.15) is 11.5 Å². The molecule has 3 heterocycles. The van der Waals surface area contributed by atoms with Gasteiger partial charge in [0.05, 0.1) is 16.4 Å². The average molecular weight is 488 g/mol. The Morgan fingerprint density at radius 1 is 1.21 bits per heavy atom. The normalized spacial score (nSPS) is 15.5. The van der Waals surface area contributed by atoms with Crippen molar-refractivity contribution in [3.05, 3.63) is 58.1 Å². The van der Waals surface area contributed by atoms with Crippen LogP contribution in [0, 0.1) is 12.8 Å². The van der Waals surface area contributed by atoms with Crippen molar-refractivity contribution >= 4 is 33.1 Å². The number of piperidine rings is 1. The maximum Gasteiger partial charge on any atom is 0.243 e. The lowest BCUT2D eigenvalue weighted by molar-refractivity contribution is -0.126. The molecule has 0 saturated carbocycles. The van der Waals surface area contributed by atoms with E-state index in [1.807, 2.05) is 24.4 Å². The lowest BCUT2D eigenvalue weighted by atomic mass is 9.97. The molecule has 8 nitrogen and oxygen atoms in total. The quantitative estimate of drug-likeness (QED) is 0.510. The molecule has 0 aliphatic carbocycles. The van der Waals surface area contributed by atoms with Crippen LogP contribution < -0.4 is 5.32 Å². The van der Waals surface area contributed by atoms with Gasteiger partial charge in [0.25, 0.3) is 0 Å². The van der Waals surface area contributed by atoms with Gasteiger partial charge in [-0.1, -0.05) is 12.1 Å². The molecule has 1 fully saturated rings. The van der Waals surface area contributed by atoms with Gasteiger partial charge in [-0.3, -0.25) is 9.59 Å². The van der Waals surface area contributed by atoms with E-state index >= 15 is 0 Å². The summed E-state index contributed by atoms with van der Waals surface area (Å²) in [6, 6.07) is 9.71. The number of ketones is 1. The number of carbonyl (C=O) groups is 2. The van der Waals surface area contributed by atoms with Crippen molar-refractivity contribution in [3.63, 3.8) is 0 Å². The molecule has 0 radical (unpaired) electrons. The van der Waals surface area contributed by atoms with Crippen LogP contribution >= 0.6 is 11.3 Å². The summed E-state index contributed by atoms with van der Waals surface area (Å²) in [7, 11) is -3.72. The second-order valence-corrected chi connectivity index (χ2v) is 11.0. The number of thiazole rings is 1. The Hall–Kier alpha value is -2.82. The van der Waals surface area contributed by atoms with Crippen molar-refractivity contribution in [2.45, 2.75) is 38.1 Å². The number of sulfonamides is 1. The van der Waals surface area contributed by atoms with Gasteiger partial charge >= 0.3 is 0 Å². The number of Topliss-reactive ketones (excluding diaryl/α,β-unsaturated/α-hetero) is 1. The van der Waals surface area contributed by atoms with E-state index < -0.39 is 10.0 Å². The molecule has 0 unspecified atom stereocenters. The number of hydrogen-bond acceptors (Lipinski definition) is 7.